The first kappa shape index (κ1) is 19.4. The van der Waals surface area contributed by atoms with Gasteiger partial charge in [-0.05, 0) is 36.1 Å². The Bertz CT molecular complexity index is 637. The van der Waals surface area contributed by atoms with E-state index in [1.165, 1.54) is 11.1 Å². The van der Waals surface area contributed by atoms with E-state index in [1.807, 2.05) is 31.2 Å². The molecule has 1 unspecified atom stereocenters. The summed E-state index contributed by atoms with van der Waals surface area (Å²) in [4.78, 5) is 16.5. The molecule has 6 heteroatoms. The first-order valence-corrected chi connectivity index (χ1v) is 7.24. The molecular weight excluding hydrogens is 333 g/mol. The Hall–Kier alpha value is -1.62. The van der Waals surface area contributed by atoms with Gasteiger partial charge in [0.05, 0.1) is 12.1 Å². The lowest BCUT2D eigenvalue weighted by Crippen LogP contribution is -2.48. The van der Waals surface area contributed by atoms with Gasteiger partial charge in [-0.1, -0.05) is 30.3 Å². The molecule has 4 nitrogen and oxygen atoms in total. The number of benzene rings is 1. The van der Waals surface area contributed by atoms with Gasteiger partial charge in [-0.15, -0.1) is 24.8 Å². The van der Waals surface area contributed by atoms with Gasteiger partial charge in [0.15, 0.2) is 0 Å². The molecule has 1 amide bonds. The average molecular weight is 354 g/mol. The Morgan fingerprint density at radius 1 is 1.22 bits per heavy atom. The zero-order valence-corrected chi connectivity index (χ0v) is 14.5. The predicted octanol–water partition coefficient (Wildman–Crippen LogP) is 2.82. The van der Waals surface area contributed by atoms with E-state index in [9.17, 15) is 4.79 Å². The highest BCUT2D eigenvalue weighted by Gasteiger charge is 2.24. The van der Waals surface area contributed by atoms with Crippen molar-refractivity contribution in [3.63, 3.8) is 0 Å². The van der Waals surface area contributed by atoms with Gasteiger partial charge in [0.1, 0.15) is 0 Å². The van der Waals surface area contributed by atoms with Crippen LogP contribution in [0.3, 0.4) is 0 Å². The van der Waals surface area contributed by atoms with Crippen LogP contribution in [0.15, 0.2) is 48.8 Å². The van der Waals surface area contributed by atoms with Gasteiger partial charge in [-0.3, -0.25) is 9.78 Å². The minimum atomic E-state index is -0.168. The number of aromatic nitrogens is 1. The molecule has 0 fully saturated rings. The number of fused-ring (bicyclic) bond motifs is 1. The van der Waals surface area contributed by atoms with Gasteiger partial charge in [0.2, 0.25) is 5.91 Å². The molecule has 0 aliphatic carbocycles. The van der Waals surface area contributed by atoms with Crippen molar-refractivity contribution in [2.24, 2.45) is 0 Å². The topological polar surface area (TPSA) is 54.0 Å². The number of carbonyl (C=O) groups excluding carboxylic acids is 1. The van der Waals surface area contributed by atoms with Crippen LogP contribution in [0.1, 0.15) is 29.7 Å². The van der Waals surface area contributed by atoms with Crippen LogP contribution in [0.25, 0.3) is 0 Å². The second-order valence-electron chi connectivity index (χ2n) is 5.42. The molecule has 1 aliphatic rings. The summed E-state index contributed by atoms with van der Waals surface area (Å²) in [5.74, 6) is 0.0425. The third-order valence-electron chi connectivity index (χ3n) is 3.94. The number of nitrogens with zero attached hydrogens (tertiary/aromatic N) is 1. The average Bonchev–Trinajstić information content (AvgIpc) is 2.55. The summed E-state index contributed by atoms with van der Waals surface area (Å²) in [5.41, 5.74) is 3.55. The Kier molecular flexibility index (Phi) is 7.49. The third kappa shape index (κ3) is 4.67. The van der Waals surface area contributed by atoms with E-state index in [4.69, 9.17) is 0 Å². The monoisotopic (exact) mass is 353 g/mol. The van der Waals surface area contributed by atoms with E-state index in [0.29, 0.717) is 0 Å². The summed E-state index contributed by atoms with van der Waals surface area (Å²) in [6, 6.07) is 11.9. The van der Waals surface area contributed by atoms with Gasteiger partial charge in [0, 0.05) is 18.9 Å². The van der Waals surface area contributed by atoms with E-state index in [2.05, 4.69) is 27.8 Å². The molecule has 1 aromatic carbocycles. The van der Waals surface area contributed by atoms with Crippen molar-refractivity contribution in [1.82, 2.24) is 15.6 Å². The first-order valence-electron chi connectivity index (χ1n) is 7.24. The summed E-state index contributed by atoms with van der Waals surface area (Å²) in [6.45, 7) is 2.72. The normalized spacial score (nSPS) is 17.0. The van der Waals surface area contributed by atoms with Gasteiger partial charge < -0.3 is 10.6 Å². The summed E-state index contributed by atoms with van der Waals surface area (Å²) in [5, 5.41) is 6.36. The lowest BCUT2D eigenvalue weighted by atomic mass is 9.95. The number of pyridine rings is 1. The summed E-state index contributed by atoms with van der Waals surface area (Å²) < 4.78 is 0. The molecule has 2 N–H and O–H groups in total. The molecule has 2 heterocycles. The predicted molar refractivity (Wildman–Crippen MR) is 96.1 cm³/mol. The highest BCUT2D eigenvalue weighted by molar-refractivity contribution is 5.85. The number of hydrogen-bond acceptors (Lipinski definition) is 3. The summed E-state index contributed by atoms with van der Waals surface area (Å²) in [6.07, 6.45) is 4.26. The summed E-state index contributed by atoms with van der Waals surface area (Å²) >= 11 is 0. The molecule has 1 aromatic heterocycles. The van der Waals surface area contributed by atoms with Crippen LogP contribution in [0.2, 0.25) is 0 Å². The number of nitrogens with one attached hydrogen (secondary N) is 2. The lowest BCUT2D eigenvalue weighted by Gasteiger charge is -2.26. The van der Waals surface area contributed by atoms with Gasteiger partial charge in [-0.2, -0.15) is 0 Å². The standard InChI is InChI=1S/C17H19N3O.2ClH/c1-12(14-7-4-8-18-10-14)20-17(21)16-9-13-5-2-3-6-15(13)11-19-16;;/h2-8,10,12,16,19H,9,11H2,1H3,(H,20,21);2*1H/t12-,16?;;/m0../s1. The fraction of sp³-hybridized carbons (Fsp3) is 0.294. The third-order valence-corrected chi connectivity index (χ3v) is 3.94. The first-order chi connectivity index (χ1) is 10.2. The molecule has 2 atom stereocenters. The second-order valence-corrected chi connectivity index (χ2v) is 5.42. The molecule has 0 bridgehead atoms. The molecule has 0 spiro atoms. The second kappa shape index (κ2) is 8.87. The lowest BCUT2D eigenvalue weighted by molar-refractivity contribution is -0.124. The van der Waals surface area contributed by atoms with Crippen LogP contribution in [0.4, 0.5) is 0 Å². The van der Waals surface area contributed by atoms with E-state index < -0.39 is 0 Å². The van der Waals surface area contributed by atoms with E-state index in [-0.39, 0.29) is 42.8 Å². The Morgan fingerprint density at radius 3 is 2.65 bits per heavy atom. The molecular formula is C17H21Cl2N3O. The van der Waals surface area contributed by atoms with Crippen LogP contribution in [0, 0.1) is 0 Å². The molecule has 1 aliphatic heterocycles. The van der Waals surface area contributed by atoms with Crippen molar-refractivity contribution in [3.05, 3.63) is 65.5 Å². The van der Waals surface area contributed by atoms with E-state index >= 15 is 0 Å². The highest BCUT2D eigenvalue weighted by atomic mass is 35.5. The Labute approximate surface area is 148 Å². The maximum absolute atomic E-state index is 12.4. The molecule has 3 rings (SSSR count). The molecule has 0 radical (unpaired) electrons. The van der Waals surface area contributed by atoms with E-state index in [0.717, 1.165) is 18.5 Å². The maximum Gasteiger partial charge on any atom is 0.237 e. The zero-order valence-electron chi connectivity index (χ0n) is 12.9. The van der Waals surface area contributed by atoms with Crippen LogP contribution in [-0.2, 0) is 17.8 Å². The minimum absolute atomic E-state index is 0. The van der Waals surface area contributed by atoms with Crippen molar-refractivity contribution in [1.29, 1.82) is 0 Å². The Morgan fingerprint density at radius 2 is 1.96 bits per heavy atom. The smallest absolute Gasteiger partial charge is 0.237 e. The number of hydrogen-bond donors (Lipinski definition) is 2. The fourth-order valence-electron chi connectivity index (χ4n) is 2.67. The number of rotatable bonds is 3. The molecule has 0 saturated carbocycles. The van der Waals surface area contributed by atoms with Crippen molar-refractivity contribution in [3.8, 4) is 0 Å². The molecule has 0 saturated heterocycles. The van der Waals surface area contributed by atoms with Crippen molar-refractivity contribution in [2.45, 2.75) is 32.0 Å². The number of carbonyl (C=O) groups is 1. The zero-order chi connectivity index (χ0) is 14.7. The quantitative estimate of drug-likeness (QED) is 0.891. The SMILES string of the molecule is C[C@H](NC(=O)C1Cc2ccccc2CN1)c1cccnc1.Cl.Cl. The number of amides is 1. The van der Waals surface area contributed by atoms with Gasteiger partial charge >= 0.3 is 0 Å². The van der Waals surface area contributed by atoms with Gasteiger partial charge in [-0.25, -0.2) is 0 Å². The molecule has 23 heavy (non-hydrogen) atoms. The van der Waals surface area contributed by atoms with Crippen molar-refractivity contribution < 1.29 is 4.79 Å². The van der Waals surface area contributed by atoms with Gasteiger partial charge in [0.25, 0.3) is 0 Å². The van der Waals surface area contributed by atoms with Crippen molar-refractivity contribution in [2.75, 3.05) is 0 Å². The van der Waals surface area contributed by atoms with Crippen LogP contribution >= 0.6 is 24.8 Å². The van der Waals surface area contributed by atoms with Crippen LogP contribution in [-0.4, -0.2) is 16.9 Å². The summed E-state index contributed by atoms with van der Waals surface area (Å²) in [7, 11) is 0. The fourth-order valence-corrected chi connectivity index (χ4v) is 2.67. The molecule has 2 aromatic rings. The largest absolute Gasteiger partial charge is 0.348 e. The minimum Gasteiger partial charge on any atom is -0.348 e. The maximum atomic E-state index is 12.4. The van der Waals surface area contributed by atoms with Crippen molar-refractivity contribution >= 4 is 30.7 Å². The Balaban J connectivity index is 0.00000132. The van der Waals surface area contributed by atoms with Crippen LogP contribution < -0.4 is 10.6 Å². The molecule has 124 valence electrons. The van der Waals surface area contributed by atoms with Crippen LogP contribution in [0.5, 0.6) is 0 Å². The van der Waals surface area contributed by atoms with E-state index in [1.54, 1.807) is 12.4 Å². The number of halogens is 2. The highest BCUT2D eigenvalue weighted by Crippen LogP contribution is 2.17.